The van der Waals surface area contributed by atoms with Gasteiger partial charge in [0.1, 0.15) is 23.3 Å². The highest BCUT2D eigenvalue weighted by molar-refractivity contribution is 7.99. The Labute approximate surface area is 121 Å². The van der Waals surface area contributed by atoms with E-state index < -0.39 is 5.97 Å². The molecule has 1 aromatic heterocycles. The first-order chi connectivity index (χ1) is 9.46. The van der Waals surface area contributed by atoms with Gasteiger partial charge in [-0.1, -0.05) is 25.6 Å². The summed E-state index contributed by atoms with van der Waals surface area (Å²) in [5.74, 6) is -0.178. The zero-order valence-corrected chi connectivity index (χ0v) is 12.3. The fraction of sp³-hybridized carbons (Fsp3) is 0.385. The Hall–Kier alpha value is -2.25. The van der Waals surface area contributed by atoms with Crippen molar-refractivity contribution in [3.05, 3.63) is 16.7 Å². The fourth-order valence-electron chi connectivity index (χ4n) is 1.75. The smallest absolute Gasteiger partial charge is 0.316 e. The molecule has 0 aromatic carbocycles. The minimum absolute atomic E-state index is 0.0336. The number of aromatic nitrogens is 1. The SMILES string of the molecule is COC(=O)CSc1[nH+]c(N)c(C#N)c(C(C)C)c1C#N. The number of nitrogens with one attached hydrogen (secondary N) is 1. The molecular formula is C13H15N4O2S+. The summed E-state index contributed by atoms with van der Waals surface area (Å²) in [5, 5.41) is 19.0. The Kier molecular flexibility index (Phi) is 5.36. The summed E-state index contributed by atoms with van der Waals surface area (Å²) in [7, 11) is 1.30. The average molecular weight is 291 g/mol. The van der Waals surface area contributed by atoms with E-state index in [2.05, 4.69) is 15.8 Å². The lowest BCUT2D eigenvalue weighted by Crippen LogP contribution is -2.21. The molecule has 0 spiro atoms. The molecule has 0 aliphatic rings. The molecule has 1 aromatic rings. The number of rotatable bonds is 4. The number of methoxy groups -OCH3 is 1. The van der Waals surface area contributed by atoms with E-state index >= 15 is 0 Å². The molecule has 0 saturated carbocycles. The standard InChI is InChI=1S/C13H14N4O2S/c1-7(2)11-8(4-14)12(16)17-13(9(11)5-15)20-6-10(18)19-3/h7H,6H2,1-3H3,(H2,16,17)/p+1. The molecule has 20 heavy (non-hydrogen) atoms. The van der Waals surface area contributed by atoms with Crippen molar-refractivity contribution in [3.63, 3.8) is 0 Å². The molecule has 0 bridgehead atoms. The lowest BCUT2D eigenvalue weighted by Gasteiger charge is -2.12. The second-order valence-electron chi connectivity index (χ2n) is 4.27. The fourth-order valence-corrected chi connectivity index (χ4v) is 2.61. The minimum atomic E-state index is -0.402. The van der Waals surface area contributed by atoms with Crippen LogP contribution >= 0.6 is 11.8 Å². The van der Waals surface area contributed by atoms with Gasteiger partial charge in [0.05, 0.1) is 12.9 Å². The van der Waals surface area contributed by atoms with Crippen molar-refractivity contribution < 1.29 is 14.5 Å². The lowest BCUT2D eigenvalue weighted by atomic mass is 9.94. The second-order valence-corrected chi connectivity index (χ2v) is 5.26. The van der Waals surface area contributed by atoms with Gasteiger partial charge in [-0.3, -0.25) is 10.5 Å². The Bertz CT molecular complexity index is 614. The number of H-pyrrole nitrogens is 1. The van der Waals surface area contributed by atoms with Gasteiger partial charge < -0.3 is 4.74 Å². The summed E-state index contributed by atoms with van der Waals surface area (Å²) in [5.41, 5.74) is 7.04. The predicted octanol–water partition coefficient (Wildman–Crippen LogP) is 1.21. The predicted molar refractivity (Wildman–Crippen MR) is 73.7 cm³/mol. The zero-order valence-electron chi connectivity index (χ0n) is 11.5. The number of nitrogen functional groups attached to an aromatic ring is 1. The van der Waals surface area contributed by atoms with Crippen molar-refractivity contribution in [2.24, 2.45) is 0 Å². The molecule has 0 atom stereocenters. The molecule has 0 aliphatic heterocycles. The lowest BCUT2D eigenvalue weighted by molar-refractivity contribution is -0.410. The number of ether oxygens (including phenoxy) is 1. The molecule has 0 saturated heterocycles. The van der Waals surface area contributed by atoms with Gasteiger partial charge in [-0.25, -0.2) is 4.98 Å². The van der Waals surface area contributed by atoms with Crippen LogP contribution in [0.4, 0.5) is 5.82 Å². The number of carbonyl (C=O) groups is 1. The van der Waals surface area contributed by atoms with Crippen LogP contribution < -0.4 is 10.7 Å². The van der Waals surface area contributed by atoms with Crippen LogP contribution in [0.3, 0.4) is 0 Å². The summed E-state index contributed by atoms with van der Waals surface area (Å²) in [6.07, 6.45) is 0. The normalized spacial score (nSPS) is 9.90. The van der Waals surface area contributed by atoms with Crippen molar-refractivity contribution in [2.45, 2.75) is 24.8 Å². The van der Waals surface area contributed by atoms with E-state index in [4.69, 9.17) is 5.73 Å². The molecular weight excluding hydrogens is 276 g/mol. The van der Waals surface area contributed by atoms with Gasteiger partial charge in [0.25, 0.3) is 5.82 Å². The van der Waals surface area contributed by atoms with Crippen LogP contribution in [-0.4, -0.2) is 18.8 Å². The maximum atomic E-state index is 11.2. The zero-order chi connectivity index (χ0) is 15.3. The molecule has 7 heteroatoms. The van der Waals surface area contributed by atoms with Crippen LogP contribution in [0, 0.1) is 22.7 Å². The molecule has 6 nitrogen and oxygen atoms in total. The topological polar surface area (TPSA) is 114 Å². The Morgan fingerprint density at radius 3 is 2.45 bits per heavy atom. The third-order valence-electron chi connectivity index (χ3n) is 2.65. The van der Waals surface area contributed by atoms with E-state index in [-0.39, 0.29) is 23.1 Å². The summed E-state index contributed by atoms with van der Waals surface area (Å²) in [6, 6.07) is 4.09. The van der Waals surface area contributed by atoms with Crippen LogP contribution in [-0.2, 0) is 9.53 Å². The van der Waals surface area contributed by atoms with Crippen LogP contribution in [0.5, 0.6) is 0 Å². The quantitative estimate of drug-likeness (QED) is 0.658. The highest BCUT2D eigenvalue weighted by Crippen LogP contribution is 2.30. The summed E-state index contributed by atoms with van der Waals surface area (Å²) in [6.45, 7) is 3.76. The monoisotopic (exact) mass is 291 g/mol. The van der Waals surface area contributed by atoms with Crippen LogP contribution in [0.1, 0.15) is 36.5 Å². The van der Waals surface area contributed by atoms with E-state index in [1.165, 1.54) is 7.11 Å². The highest BCUT2D eigenvalue weighted by Gasteiger charge is 2.24. The molecule has 0 unspecified atom stereocenters. The van der Waals surface area contributed by atoms with Gasteiger partial charge in [0, 0.05) is 5.56 Å². The van der Waals surface area contributed by atoms with Crippen LogP contribution in [0.2, 0.25) is 0 Å². The summed E-state index contributed by atoms with van der Waals surface area (Å²) >= 11 is 1.13. The van der Waals surface area contributed by atoms with Crippen LogP contribution in [0.15, 0.2) is 5.03 Å². The van der Waals surface area contributed by atoms with Gasteiger partial charge >= 0.3 is 5.97 Å². The van der Waals surface area contributed by atoms with Crippen molar-refractivity contribution in [2.75, 3.05) is 18.6 Å². The number of thioether (sulfide) groups is 1. The maximum absolute atomic E-state index is 11.2. The molecule has 0 amide bonds. The first kappa shape index (κ1) is 15.8. The molecule has 1 heterocycles. The third-order valence-corrected chi connectivity index (χ3v) is 3.62. The number of nitriles is 2. The Morgan fingerprint density at radius 2 is 2.00 bits per heavy atom. The Morgan fingerprint density at radius 1 is 1.40 bits per heavy atom. The van der Waals surface area contributed by atoms with E-state index in [0.29, 0.717) is 16.2 Å². The number of anilines is 1. The van der Waals surface area contributed by atoms with Gasteiger partial charge in [-0.15, -0.1) is 0 Å². The average Bonchev–Trinajstić information content (AvgIpc) is 2.43. The highest BCUT2D eigenvalue weighted by atomic mass is 32.2. The number of nitrogens with two attached hydrogens (primary N) is 1. The van der Waals surface area contributed by atoms with E-state index in [1.807, 2.05) is 19.9 Å². The maximum Gasteiger partial charge on any atom is 0.316 e. The van der Waals surface area contributed by atoms with Crippen molar-refractivity contribution in [1.82, 2.24) is 0 Å². The van der Waals surface area contributed by atoms with Gasteiger partial charge in [-0.05, 0) is 5.92 Å². The van der Waals surface area contributed by atoms with E-state index in [9.17, 15) is 15.3 Å². The van der Waals surface area contributed by atoms with Gasteiger partial charge in [0.2, 0.25) is 0 Å². The van der Waals surface area contributed by atoms with E-state index in [1.54, 1.807) is 0 Å². The van der Waals surface area contributed by atoms with E-state index in [0.717, 1.165) is 11.8 Å². The number of nitrogens with zero attached hydrogens (tertiary/aromatic N) is 2. The number of esters is 1. The minimum Gasteiger partial charge on any atom is -0.468 e. The largest absolute Gasteiger partial charge is 0.468 e. The first-order valence-corrected chi connectivity index (χ1v) is 6.83. The first-order valence-electron chi connectivity index (χ1n) is 5.84. The Balaban J connectivity index is 3.37. The molecule has 104 valence electrons. The number of aromatic amines is 1. The van der Waals surface area contributed by atoms with Crippen molar-refractivity contribution in [3.8, 4) is 12.1 Å². The number of hydrogen-bond acceptors (Lipinski definition) is 6. The third kappa shape index (κ3) is 3.19. The number of carbonyl (C=O) groups excluding carboxylic acids is 1. The summed E-state index contributed by atoms with van der Waals surface area (Å²) < 4.78 is 4.56. The van der Waals surface area contributed by atoms with Crippen molar-refractivity contribution in [1.29, 1.82) is 10.5 Å². The van der Waals surface area contributed by atoms with Crippen LogP contribution in [0.25, 0.3) is 0 Å². The van der Waals surface area contributed by atoms with Crippen molar-refractivity contribution >= 4 is 23.5 Å². The molecule has 0 fully saturated rings. The number of pyridine rings is 1. The van der Waals surface area contributed by atoms with Gasteiger partial charge in [-0.2, -0.15) is 10.5 Å². The molecule has 1 rings (SSSR count). The molecule has 0 aliphatic carbocycles. The van der Waals surface area contributed by atoms with Gasteiger partial charge in [0.15, 0.2) is 5.03 Å². The summed E-state index contributed by atoms with van der Waals surface area (Å²) in [4.78, 5) is 14.0. The number of hydrogen-bond donors (Lipinski definition) is 1. The second kappa shape index (κ2) is 6.78. The molecule has 3 N–H and O–H groups in total. The molecule has 0 radical (unpaired) electrons.